The Bertz CT molecular complexity index is 859. The SMILES string of the molecule is O=C/C(=C/Nc1ccc(Br)cn1)c1nc2cc(Cl)ccc2o1. The van der Waals surface area contributed by atoms with Gasteiger partial charge in [0.15, 0.2) is 11.9 Å². The average molecular weight is 379 g/mol. The first kappa shape index (κ1) is 14.7. The van der Waals surface area contributed by atoms with E-state index < -0.39 is 0 Å². The molecule has 0 aliphatic heterocycles. The van der Waals surface area contributed by atoms with E-state index in [1.54, 1.807) is 30.5 Å². The summed E-state index contributed by atoms with van der Waals surface area (Å²) < 4.78 is 6.42. The third-order valence-corrected chi connectivity index (χ3v) is 3.53. The molecule has 0 unspecified atom stereocenters. The number of carbonyl (C=O) groups is 1. The van der Waals surface area contributed by atoms with Crippen molar-refractivity contribution in [2.45, 2.75) is 0 Å². The normalized spacial score (nSPS) is 11.6. The second-order valence-electron chi connectivity index (χ2n) is 4.35. The molecule has 7 heteroatoms. The first-order valence-electron chi connectivity index (χ1n) is 6.25. The maximum absolute atomic E-state index is 11.3. The maximum Gasteiger partial charge on any atom is 0.232 e. The molecule has 0 saturated heterocycles. The number of rotatable bonds is 4. The lowest BCUT2D eigenvalue weighted by Gasteiger charge is -2.00. The van der Waals surface area contributed by atoms with Gasteiger partial charge in [-0.05, 0) is 46.3 Å². The van der Waals surface area contributed by atoms with Crippen LogP contribution in [0.5, 0.6) is 0 Å². The fraction of sp³-hybridized carbons (Fsp3) is 0. The predicted molar refractivity (Wildman–Crippen MR) is 88.6 cm³/mol. The smallest absolute Gasteiger partial charge is 0.232 e. The Hall–Kier alpha value is -2.18. The number of allylic oxidation sites excluding steroid dienone is 1. The van der Waals surface area contributed by atoms with Crippen molar-refractivity contribution in [1.29, 1.82) is 0 Å². The molecule has 0 atom stereocenters. The minimum atomic E-state index is 0.219. The Balaban J connectivity index is 1.89. The third kappa shape index (κ3) is 3.18. The molecule has 0 aliphatic rings. The number of hydrogen-bond acceptors (Lipinski definition) is 5. The van der Waals surface area contributed by atoms with Gasteiger partial charge in [0.1, 0.15) is 11.3 Å². The number of pyridine rings is 1. The molecule has 110 valence electrons. The van der Waals surface area contributed by atoms with E-state index in [-0.39, 0.29) is 11.5 Å². The number of carbonyl (C=O) groups excluding carboxylic acids is 1. The molecule has 1 N–H and O–H groups in total. The van der Waals surface area contributed by atoms with E-state index in [1.807, 2.05) is 6.07 Å². The van der Waals surface area contributed by atoms with Gasteiger partial charge in [0.25, 0.3) is 0 Å². The fourth-order valence-electron chi connectivity index (χ4n) is 1.78. The molecule has 0 saturated carbocycles. The minimum Gasteiger partial charge on any atom is -0.436 e. The quantitative estimate of drug-likeness (QED) is 0.542. The number of halogens is 2. The third-order valence-electron chi connectivity index (χ3n) is 2.83. The standard InChI is InChI=1S/C15H9BrClN3O2/c16-10-1-4-14(19-7-10)18-6-9(8-21)15-20-12-5-11(17)2-3-13(12)22-15/h1-8H,(H,18,19)/b9-6-. The number of fused-ring (bicyclic) bond motifs is 1. The van der Waals surface area contributed by atoms with Crippen molar-refractivity contribution < 1.29 is 9.21 Å². The van der Waals surface area contributed by atoms with E-state index in [0.29, 0.717) is 28.2 Å². The monoisotopic (exact) mass is 377 g/mol. The van der Waals surface area contributed by atoms with Gasteiger partial charge in [-0.1, -0.05) is 11.6 Å². The molecule has 0 spiro atoms. The zero-order chi connectivity index (χ0) is 15.5. The van der Waals surface area contributed by atoms with Crippen molar-refractivity contribution in [2.75, 3.05) is 5.32 Å². The van der Waals surface area contributed by atoms with E-state index >= 15 is 0 Å². The second kappa shape index (κ2) is 6.29. The van der Waals surface area contributed by atoms with Crippen LogP contribution in [0.15, 0.2) is 51.6 Å². The van der Waals surface area contributed by atoms with E-state index in [1.165, 1.54) is 6.20 Å². The number of nitrogens with zero attached hydrogens (tertiary/aromatic N) is 2. The van der Waals surface area contributed by atoms with Crippen molar-refractivity contribution in [1.82, 2.24) is 9.97 Å². The molecule has 5 nitrogen and oxygen atoms in total. The lowest BCUT2D eigenvalue weighted by molar-refractivity contribution is -0.103. The summed E-state index contributed by atoms with van der Waals surface area (Å²) in [5, 5.41) is 3.48. The van der Waals surface area contributed by atoms with Crippen LogP contribution in [0.1, 0.15) is 5.89 Å². The molecule has 2 aromatic heterocycles. The van der Waals surface area contributed by atoms with Gasteiger partial charge in [-0.3, -0.25) is 4.79 Å². The average Bonchev–Trinajstić information content (AvgIpc) is 2.92. The van der Waals surface area contributed by atoms with Gasteiger partial charge in [0.05, 0.1) is 5.57 Å². The first-order valence-corrected chi connectivity index (χ1v) is 7.43. The van der Waals surface area contributed by atoms with E-state index in [4.69, 9.17) is 16.0 Å². The van der Waals surface area contributed by atoms with Crippen LogP contribution in [-0.4, -0.2) is 16.3 Å². The topological polar surface area (TPSA) is 68.0 Å². The molecule has 3 rings (SSSR count). The molecular formula is C15H9BrClN3O2. The maximum atomic E-state index is 11.3. The summed E-state index contributed by atoms with van der Waals surface area (Å²) >= 11 is 9.21. The number of nitrogens with one attached hydrogen (secondary N) is 1. The second-order valence-corrected chi connectivity index (χ2v) is 5.71. The Morgan fingerprint density at radius 1 is 1.32 bits per heavy atom. The summed E-state index contributed by atoms with van der Waals surface area (Å²) in [7, 11) is 0. The summed E-state index contributed by atoms with van der Waals surface area (Å²) in [6.07, 6.45) is 3.81. The van der Waals surface area contributed by atoms with Crippen LogP contribution >= 0.6 is 27.5 Å². The summed E-state index contributed by atoms with van der Waals surface area (Å²) in [5.74, 6) is 0.818. The van der Waals surface area contributed by atoms with E-state index in [0.717, 1.165) is 4.47 Å². The van der Waals surface area contributed by atoms with Crippen molar-refractivity contribution in [3.05, 3.63) is 58.1 Å². The van der Waals surface area contributed by atoms with Crippen molar-refractivity contribution >= 4 is 56.3 Å². The molecule has 22 heavy (non-hydrogen) atoms. The van der Waals surface area contributed by atoms with E-state index in [2.05, 4.69) is 31.2 Å². The Kier molecular flexibility index (Phi) is 4.22. The Morgan fingerprint density at radius 3 is 2.91 bits per heavy atom. The van der Waals surface area contributed by atoms with Gasteiger partial charge >= 0.3 is 0 Å². The van der Waals surface area contributed by atoms with Crippen LogP contribution < -0.4 is 5.32 Å². The number of aldehydes is 1. The lowest BCUT2D eigenvalue weighted by Crippen LogP contribution is -1.95. The van der Waals surface area contributed by atoms with Gasteiger partial charge in [0, 0.05) is 21.9 Å². The Labute approximate surface area is 139 Å². The predicted octanol–water partition coefficient (Wildman–Crippen LogP) is 4.29. The zero-order valence-corrected chi connectivity index (χ0v) is 13.4. The lowest BCUT2D eigenvalue weighted by atomic mass is 10.3. The van der Waals surface area contributed by atoms with Crippen LogP contribution in [0, 0.1) is 0 Å². The summed E-state index contributed by atoms with van der Waals surface area (Å²) in [6, 6.07) is 8.70. The molecule has 0 aliphatic carbocycles. The van der Waals surface area contributed by atoms with Crippen LogP contribution in [0.25, 0.3) is 16.7 Å². The number of hydrogen-bond donors (Lipinski definition) is 1. The molecule has 1 aromatic carbocycles. The van der Waals surface area contributed by atoms with Crippen LogP contribution in [0.3, 0.4) is 0 Å². The highest BCUT2D eigenvalue weighted by atomic mass is 79.9. The molecule has 0 amide bonds. The minimum absolute atomic E-state index is 0.219. The highest BCUT2D eigenvalue weighted by molar-refractivity contribution is 9.10. The van der Waals surface area contributed by atoms with E-state index in [9.17, 15) is 4.79 Å². The molecule has 0 bridgehead atoms. The van der Waals surface area contributed by atoms with Gasteiger partial charge in [-0.25, -0.2) is 9.97 Å². The number of benzene rings is 1. The molecule has 3 aromatic rings. The largest absolute Gasteiger partial charge is 0.436 e. The van der Waals surface area contributed by atoms with Crippen LogP contribution in [0.2, 0.25) is 5.02 Å². The molecule has 2 heterocycles. The highest BCUT2D eigenvalue weighted by Crippen LogP contribution is 2.23. The number of oxazole rings is 1. The summed E-state index contributed by atoms with van der Waals surface area (Å²) in [6.45, 7) is 0. The highest BCUT2D eigenvalue weighted by Gasteiger charge is 2.10. The first-order chi connectivity index (χ1) is 10.7. The van der Waals surface area contributed by atoms with Crippen LogP contribution in [0.4, 0.5) is 5.82 Å². The molecule has 0 radical (unpaired) electrons. The number of anilines is 1. The summed E-state index contributed by atoms with van der Waals surface area (Å²) in [5.41, 5.74) is 1.43. The Morgan fingerprint density at radius 2 is 2.18 bits per heavy atom. The molecular weight excluding hydrogens is 370 g/mol. The number of aromatic nitrogens is 2. The van der Waals surface area contributed by atoms with Crippen molar-refractivity contribution in [3.63, 3.8) is 0 Å². The van der Waals surface area contributed by atoms with Gasteiger partial charge in [-0.2, -0.15) is 0 Å². The van der Waals surface area contributed by atoms with Crippen LogP contribution in [-0.2, 0) is 4.79 Å². The summed E-state index contributed by atoms with van der Waals surface area (Å²) in [4.78, 5) is 19.7. The fourth-order valence-corrected chi connectivity index (χ4v) is 2.18. The van der Waals surface area contributed by atoms with Gasteiger partial charge in [-0.15, -0.1) is 0 Å². The van der Waals surface area contributed by atoms with Gasteiger partial charge < -0.3 is 9.73 Å². The van der Waals surface area contributed by atoms with Gasteiger partial charge in [0.2, 0.25) is 5.89 Å². The van der Waals surface area contributed by atoms with Crippen molar-refractivity contribution in [2.24, 2.45) is 0 Å². The van der Waals surface area contributed by atoms with Crippen molar-refractivity contribution in [3.8, 4) is 0 Å². The molecule has 0 fully saturated rings. The zero-order valence-electron chi connectivity index (χ0n) is 11.1.